The van der Waals surface area contributed by atoms with Crippen molar-refractivity contribution in [1.29, 1.82) is 5.26 Å². The van der Waals surface area contributed by atoms with Crippen molar-refractivity contribution in [2.24, 2.45) is 30.7 Å². The molecule has 0 aliphatic carbocycles. The van der Waals surface area contributed by atoms with Crippen molar-refractivity contribution in [3.63, 3.8) is 0 Å². The van der Waals surface area contributed by atoms with Gasteiger partial charge in [-0.3, -0.25) is 13.5 Å². The highest BCUT2D eigenvalue weighted by Crippen LogP contribution is 2.46. The lowest BCUT2D eigenvalue weighted by Crippen LogP contribution is -2.13. The number of benzene rings is 5. The van der Waals surface area contributed by atoms with Gasteiger partial charge in [0.2, 0.25) is 11.0 Å². The predicted octanol–water partition coefficient (Wildman–Crippen LogP) is 9.99. The molecule has 0 atom stereocenters. The van der Waals surface area contributed by atoms with E-state index < -0.39 is 68.5 Å². The van der Waals surface area contributed by atoms with Crippen LogP contribution >= 0.6 is 22.9 Å². The minimum absolute atomic E-state index is 0.0488. The summed E-state index contributed by atoms with van der Waals surface area (Å²) in [6.45, 7) is -0.837. The van der Waals surface area contributed by atoms with Gasteiger partial charge in [-0.1, -0.05) is 53.3 Å². The number of aliphatic carboxylic acids is 2. The van der Waals surface area contributed by atoms with E-state index in [9.17, 15) is 56.1 Å². The molecule has 0 spiro atoms. The zero-order valence-electron chi connectivity index (χ0n) is 36.5. The average Bonchev–Trinajstić information content (AvgIpc) is 3.93. The number of halogens is 1. The van der Waals surface area contributed by atoms with Crippen LogP contribution in [0.3, 0.4) is 0 Å². The first kappa shape index (κ1) is 49.9. The number of aromatic nitrogens is 3. The van der Waals surface area contributed by atoms with Crippen molar-refractivity contribution >= 4 is 115 Å². The first-order valence-electron chi connectivity index (χ1n) is 20.3. The highest BCUT2D eigenvalue weighted by molar-refractivity contribution is 7.86. The van der Waals surface area contributed by atoms with Crippen molar-refractivity contribution < 1.29 is 65.1 Å². The molecule has 0 saturated carbocycles. The number of carboxylic acids is 2. The molecule has 0 bridgehead atoms. The number of fused-ring (bicyclic) bond motifs is 4. The molecule has 0 unspecified atom stereocenters. The lowest BCUT2D eigenvalue weighted by molar-refractivity contribution is -0.140. The second kappa shape index (κ2) is 20.4. The number of thiazole rings is 1. The predicted molar refractivity (Wildman–Crippen MR) is 257 cm³/mol. The third kappa shape index (κ3) is 11.2. The summed E-state index contributed by atoms with van der Waals surface area (Å²) in [5.41, 5.74) is 1.68. The number of rotatable bonds is 18. The van der Waals surface area contributed by atoms with E-state index in [1.807, 2.05) is 0 Å². The Bertz CT molecular complexity index is 3890. The van der Waals surface area contributed by atoms with Crippen molar-refractivity contribution in [2.75, 3.05) is 25.6 Å². The lowest BCUT2D eigenvalue weighted by atomic mass is 10.1. The number of pyridine rings is 1. The van der Waals surface area contributed by atoms with Crippen LogP contribution in [0.4, 0.5) is 32.9 Å². The van der Waals surface area contributed by atoms with Crippen LogP contribution in [-0.2, 0) is 29.8 Å². The number of nitrogens with zero attached hydrogens (tertiary/aromatic N) is 10. The topological polar surface area (TPSA) is 359 Å². The summed E-state index contributed by atoms with van der Waals surface area (Å²) in [6.07, 6.45) is 0. The molecule has 28 heteroatoms. The molecule has 5 aromatic carbocycles. The molecule has 0 aliphatic heterocycles. The van der Waals surface area contributed by atoms with Gasteiger partial charge in [-0.05, 0) is 54.8 Å². The quantitative estimate of drug-likeness (QED) is 0.0394. The number of aromatic hydroxyl groups is 1. The Morgan fingerprint density at radius 1 is 0.792 bits per heavy atom. The summed E-state index contributed by atoms with van der Waals surface area (Å²) in [5, 5.41) is 67.2. The SMILES string of the molecule is Cc1c(N=Nc2cc(OCC(=O)O)c(N=Nc3nc(-c4cccc(Cl)c4)c(N=Nc4ccc5cc(S(=O)(=O)O)cc(OCCS(=O)(=O)O)c5c4)s3)cc2OCC(=O)O)c(O)n2c(nc3ccccc32)c1C#N. The maximum atomic E-state index is 12.0. The van der Waals surface area contributed by atoms with E-state index in [1.165, 1.54) is 29.5 Å². The van der Waals surface area contributed by atoms with Crippen LogP contribution in [0.1, 0.15) is 11.1 Å². The number of azo groups is 3. The van der Waals surface area contributed by atoms with Crippen molar-refractivity contribution in [2.45, 2.75) is 11.8 Å². The summed E-state index contributed by atoms with van der Waals surface area (Å²) in [7, 11) is -9.18. The second-order valence-electron chi connectivity index (χ2n) is 14.9. The Morgan fingerprint density at radius 2 is 1.49 bits per heavy atom. The van der Waals surface area contributed by atoms with Crippen LogP contribution in [-0.4, -0.2) is 93.1 Å². The molecule has 72 heavy (non-hydrogen) atoms. The fourth-order valence-electron chi connectivity index (χ4n) is 6.84. The molecule has 366 valence electrons. The van der Waals surface area contributed by atoms with Crippen LogP contribution in [0.25, 0.3) is 38.7 Å². The van der Waals surface area contributed by atoms with Crippen molar-refractivity contribution in [3.8, 4) is 40.5 Å². The van der Waals surface area contributed by atoms with Crippen molar-refractivity contribution in [3.05, 3.63) is 107 Å². The molecule has 3 aromatic heterocycles. The standard InChI is InChI=1S/C44H31ClN10O14S3/c1-22-29(19-46)41-47-30-7-2-3-8-33(30)55(41)43(60)39(22)52-50-31-17-36(69-21-38(58)59)32(18-35(31)68-20-37(56)57)51-54-44-48-40(24-5-4-6-25(45)13-24)42(70-44)53-49-26-10-9-23-14-27(72(64,65)66)16-34(28(23)15-26)67-11-12-71(61,62)63/h2-10,13-18,60H,11-12,20-21H2,1H3,(H,56,57)(H,58,59)(H,61,62,63)(H,64,65,66). The minimum atomic E-state index is -4.73. The maximum Gasteiger partial charge on any atom is 0.341 e. The zero-order valence-corrected chi connectivity index (χ0v) is 39.7. The van der Waals surface area contributed by atoms with Gasteiger partial charge in [0.05, 0.1) is 21.6 Å². The molecular weight excluding hydrogens is 1020 g/mol. The van der Waals surface area contributed by atoms with Crippen LogP contribution in [0.2, 0.25) is 5.02 Å². The molecule has 24 nitrogen and oxygen atoms in total. The van der Waals surface area contributed by atoms with Gasteiger partial charge in [0.25, 0.3) is 20.2 Å². The van der Waals surface area contributed by atoms with Crippen molar-refractivity contribution in [1.82, 2.24) is 14.4 Å². The minimum Gasteiger partial charge on any atom is -0.493 e. The molecule has 5 N–H and O–H groups in total. The summed E-state index contributed by atoms with van der Waals surface area (Å²) in [6, 6.07) is 24.2. The monoisotopic (exact) mass is 1050 g/mol. The van der Waals surface area contributed by atoms with E-state index in [-0.39, 0.29) is 83.4 Å². The van der Waals surface area contributed by atoms with Gasteiger partial charge in [0, 0.05) is 39.7 Å². The number of hydrogen-bond acceptors (Lipinski definition) is 20. The molecule has 0 fully saturated rings. The van der Waals surface area contributed by atoms with Crippen LogP contribution < -0.4 is 14.2 Å². The van der Waals surface area contributed by atoms with E-state index in [1.54, 1.807) is 48.5 Å². The third-order valence-electron chi connectivity index (χ3n) is 10.0. The Kier molecular flexibility index (Phi) is 14.2. The van der Waals surface area contributed by atoms with E-state index >= 15 is 0 Å². The number of para-hydroxylation sites is 2. The molecule has 8 rings (SSSR count). The van der Waals surface area contributed by atoms with Gasteiger partial charge in [-0.2, -0.15) is 22.1 Å². The molecule has 0 amide bonds. The Labute approximate surface area is 413 Å². The van der Waals surface area contributed by atoms with Gasteiger partial charge >= 0.3 is 11.9 Å². The average molecular weight is 1060 g/mol. The van der Waals surface area contributed by atoms with Gasteiger partial charge in [-0.25, -0.2) is 19.6 Å². The molecule has 8 aromatic rings. The first-order chi connectivity index (χ1) is 34.3. The Hall–Kier alpha value is -8.52. The second-order valence-corrected chi connectivity index (χ2v) is 19.3. The number of carboxylic acid groups (broad SMARTS) is 2. The maximum absolute atomic E-state index is 12.0. The van der Waals surface area contributed by atoms with E-state index in [4.69, 9.17) is 25.8 Å². The third-order valence-corrected chi connectivity index (χ3v) is 12.6. The van der Waals surface area contributed by atoms with Gasteiger partial charge in [-0.15, -0.1) is 30.7 Å². The fraction of sp³-hybridized carbons (Fsp3) is 0.114. The van der Waals surface area contributed by atoms with Crippen LogP contribution in [0, 0.1) is 18.3 Å². The summed E-state index contributed by atoms with van der Waals surface area (Å²) in [5.74, 6) is -4.68. The number of carbonyl (C=O) groups is 2. The Balaban J connectivity index is 1.19. The summed E-state index contributed by atoms with van der Waals surface area (Å²) in [4.78, 5) is 31.9. The fourth-order valence-corrected chi connectivity index (χ4v) is 8.59. The zero-order chi connectivity index (χ0) is 51.5. The number of nitriles is 1. The summed E-state index contributed by atoms with van der Waals surface area (Å²) < 4.78 is 83.6. The smallest absolute Gasteiger partial charge is 0.341 e. The van der Waals surface area contributed by atoms with Gasteiger partial charge in [0.15, 0.2) is 29.5 Å². The molecule has 0 radical (unpaired) electrons. The van der Waals surface area contributed by atoms with Gasteiger partial charge < -0.3 is 29.5 Å². The largest absolute Gasteiger partial charge is 0.493 e. The van der Waals surface area contributed by atoms with E-state index in [2.05, 4.69) is 46.7 Å². The van der Waals surface area contributed by atoms with E-state index in [0.29, 0.717) is 21.6 Å². The number of ether oxygens (including phenoxy) is 3. The first-order valence-corrected chi connectivity index (χ1v) is 24.6. The molecule has 0 aliphatic rings. The highest BCUT2D eigenvalue weighted by atomic mass is 35.5. The highest BCUT2D eigenvalue weighted by Gasteiger charge is 2.23. The van der Waals surface area contributed by atoms with Crippen LogP contribution in [0.5, 0.6) is 23.1 Å². The van der Waals surface area contributed by atoms with Crippen LogP contribution in [0.15, 0.2) is 127 Å². The lowest BCUT2D eigenvalue weighted by Gasteiger charge is -2.12. The molecular formula is C44H31ClN10O14S3. The normalized spacial score (nSPS) is 12.2. The number of hydrogen-bond donors (Lipinski definition) is 5. The number of imidazole rings is 1. The molecule has 3 heterocycles. The van der Waals surface area contributed by atoms with E-state index in [0.717, 1.165) is 35.6 Å². The Morgan fingerprint density at radius 3 is 2.14 bits per heavy atom. The summed E-state index contributed by atoms with van der Waals surface area (Å²) >= 11 is 7.20. The molecule has 0 saturated heterocycles. The van der Waals surface area contributed by atoms with Gasteiger partial charge in [0.1, 0.15) is 58.3 Å².